The van der Waals surface area contributed by atoms with E-state index in [0.29, 0.717) is 23.9 Å². The highest BCUT2D eigenvalue weighted by Gasteiger charge is 2.18. The van der Waals surface area contributed by atoms with Crippen molar-refractivity contribution >= 4 is 49.1 Å². The second kappa shape index (κ2) is 6.55. The number of hydrogen-bond donors (Lipinski definition) is 1. The van der Waals surface area contributed by atoms with Crippen molar-refractivity contribution in [3.8, 4) is 11.4 Å². The van der Waals surface area contributed by atoms with Crippen molar-refractivity contribution in [3.63, 3.8) is 0 Å². The summed E-state index contributed by atoms with van der Waals surface area (Å²) < 4.78 is 2.13. The highest BCUT2D eigenvalue weighted by molar-refractivity contribution is 7.26. The number of hydrogen-bond acceptors (Lipinski definition) is 6. The Morgan fingerprint density at radius 2 is 1.96 bits per heavy atom. The average Bonchev–Trinajstić information content (AvgIpc) is 3.01. The number of thiophene rings is 1. The minimum absolute atomic E-state index is 0.554. The first-order chi connectivity index (χ1) is 12.2. The highest BCUT2D eigenvalue weighted by atomic mass is 35.5. The first-order valence-electron chi connectivity index (χ1n) is 7.89. The molecule has 3 aromatic heterocycles. The molecule has 0 saturated heterocycles. The van der Waals surface area contributed by atoms with Crippen molar-refractivity contribution < 1.29 is 0 Å². The van der Waals surface area contributed by atoms with E-state index in [2.05, 4.69) is 16.0 Å². The van der Waals surface area contributed by atoms with Gasteiger partial charge in [0, 0.05) is 48.2 Å². The average molecular weight is 370 g/mol. The molecule has 0 unspecified atom stereocenters. The molecule has 0 saturated carbocycles. The number of fused-ring (bicyclic) bond motifs is 3. The van der Waals surface area contributed by atoms with Gasteiger partial charge in [-0.25, -0.2) is 9.97 Å². The summed E-state index contributed by atoms with van der Waals surface area (Å²) in [6, 6.07) is 9.73. The lowest BCUT2D eigenvalue weighted by molar-refractivity contribution is 0.872. The Labute approximate surface area is 154 Å². The van der Waals surface area contributed by atoms with Crippen LogP contribution in [-0.4, -0.2) is 35.1 Å². The third-order valence-electron chi connectivity index (χ3n) is 4.04. The number of likely N-dealkylation sites (N-methyl/N-ethyl adjacent to an activating group) is 1. The third kappa shape index (κ3) is 2.82. The van der Waals surface area contributed by atoms with Crippen molar-refractivity contribution in [1.29, 1.82) is 0 Å². The Balaban J connectivity index is 2.07. The second-order valence-corrected chi connectivity index (χ2v) is 7.17. The Morgan fingerprint density at radius 1 is 1.16 bits per heavy atom. The van der Waals surface area contributed by atoms with Gasteiger partial charge in [0.2, 0.25) is 0 Å². The number of pyridine rings is 1. The minimum Gasteiger partial charge on any atom is -0.357 e. The van der Waals surface area contributed by atoms with Gasteiger partial charge in [-0.2, -0.15) is 0 Å². The molecule has 2 N–H and O–H groups in total. The lowest BCUT2D eigenvalue weighted by atomic mass is 10.2. The van der Waals surface area contributed by atoms with Crippen LogP contribution in [0.15, 0.2) is 42.7 Å². The van der Waals surface area contributed by atoms with E-state index in [1.54, 1.807) is 23.7 Å². The Hall–Kier alpha value is -2.28. The van der Waals surface area contributed by atoms with E-state index in [4.69, 9.17) is 27.3 Å². The number of nitrogens with zero attached hydrogens (tertiary/aromatic N) is 4. The fraction of sp³-hybridized carbons (Fsp3) is 0.167. The summed E-state index contributed by atoms with van der Waals surface area (Å²) in [4.78, 5) is 15.8. The lowest BCUT2D eigenvalue weighted by Crippen LogP contribution is -2.26. The van der Waals surface area contributed by atoms with Crippen molar-refractivity contribution in [1.82, 2.24) is 15.0 Å². The number of anilines is 1. The molecule has 0 fully saturated rings. The van der Waals surface area contributed by atoms with Gasteiger partial charge in [-0.05, 0) is 24.3 Å². The van der Waals surface area contributed by atoms with E-state index >= 15 is 0 Å². The maximum Gasteiger partial charge on any atom is 0.162 e. The van der Waals surface area contributed by atoms with E-state index in [1.165, 1.54) is 0 Å². The standard InChI is InChI=1S/C18H16ClN5S/c1-24(10-7-20)18-16-15(14-12(19)3-2-4-13(14)25-16)22-17(23-18)11-5-8-21-9-6-11/h2-6,8-9H,7,10,20H2,1H3. The molecule has 0 bridgehead atoms. The molecule has 0 aliphatic heterocycles. The molecule has 1 aromatic carbocycles. The number of benzene rings is 1. The number of aromatic nitrogens is 3. The molecule has 4 rings (SSSR count). The molecule has 0 radical (unpaired) electrons. The molecular weight excluding hydrogens is 354 g/mol. The van der Waals surface area contributed by atoms with Crippen molar-refractivity contribution in [2.45, 2.75) is 0 Å². The quantitative estimate of drug-likeness (QED) is 0.589. The van der Waals surface area contributed by atoms with Crippen LogP contribution < -0.4 is 10.6 Å². The van der Waals surface area contributed by atoms with Gasteiger partial charge in [-0.3, -0.25) is 4.98 Å². The normalized spacial score (nSPS) is 11.3. The molecule has 0 aliphatic rings. The van der Waals surface area contributed by atoms with Gasteiger partial charge in [0.25, 0.3) is 0 Å². The summed E-state index contributed by atoms with van der Waals surface area (Å²) in [6.07, 6.45) is 3.48. The minimum atomic E-state index is 0.554. The molecule has 7 heteroatoms. The summed E-state index contributed by atoms with van der Waals surface area (Å²) in [5, 5.41) is 1.68. The topological polar surface area (TPSA) is 67.9 Å². The van der Waals surface area contributed by atoms with Crippen LogP contribution in [0, 0.1) is 0 Å². The Kier molecular flexibility index (Phi) is 4.25. The van der Waals surface area contributed by atoms with Crippen LogP contribution in [0.2, 0.25) is 5.02 Å². The van der Waals surface area contributed by atoms with Gasteiger partial charge in [0.05, 0.1) is 15.2 Å². The van der Waals surface area contributed by atoms with Gasteiger partial charge >= 0.3 is 0 Å². The van der Waals surface area contributed by atoms with Gasteiger partial charge in [-0.15, -0.1) is 11.3 Å². The summed E-state index contributed by atoms with van der Waals surface area (Å²) in [7, 11) is 2.00. The molecule has 126 valence electrons. The summed E-state index contributed by atoms with van der Waals surface area (Å²) in [5.41, 5.74) is 7.55. The third-order valence-corrected chi connectivity index (χ3v) is 5.49. The van der Waals surface area contributed by atoms with Crippen LogP contribution in [0.5, 0.6) is 0 Å². The zero-order chi connectivity index (χ0) is 17.4. The van der Waals surface area contributed by atoms with E-state index in [-0.39, 0.29) is 0 Å². The number of rotatable bonds is 4. The maximum atomic E-state index is 6.47. The van der Waals surface area contributed by atoms with Crippen molar-refractivity contribution in [3.05, 3.63) is 47.7 Å². The highest BCUT2D eigenvalue weighted by Crippen LogP contribution is 2.41. The van der Waals surface area contributed by atoms with Crippen LogP contribution in [0.1, 0.15) is 0 Å². The first-order valence-corrected chi connectivity index (χ1v) is 9.09. The maximum absolute atomic E-state index is 6.47. The predicted octanol–water partition coefficient (Wildman–Crippen LogP) is 3.95. The molecule has 5 nitrogen and oxygen atoms in total. The number of nitrogens with two attached hydrogens (primary N) is 1. The molecule has 0 spiro atoms. The molecule has 4 aromatic rings. The van der Waals surface area contributed by atoms with Crippen LogP contribution in [0.3, 0.4) is 0 Å². The van der Waals surface area contributed by atoms with Crippen LogP contribution in [0.25, 0.3) is 31.7 Å². The SMILES string of the molecule is CN(CCN)c1nc(-c2ccncc2)nc2c1sc1cccc(Cl)c12. The molecule has 3 heterocycles. The largest absolute Gasteiger partial charge is 0.357 e. The van der Waals surface area contributed by atoms with E-state index in [1.807, 2.05) is 31.3 Å². The Bertz CT molecular complexity index is 1050. The lowest BCUT2D eigenvalue weighted by Gasteiger charge is -2.18. The monoisotopic (exact) mass is 369 g/mol. The van der Waals surface area contributed by atoms with Gasteiger partial charge in [-0.1, -0.05) is 17.7 Å². The van der Waals surface area contributed by atoms with E-state index in [0.717, 1.165) is 31.7 Å². The van der Waals surface area contributed by atoms with Crippen molar-refractivity contribution in [2.24, 2.45) is 5.73 Å². The van der Waals surface area contributed by atoms with Gasteiger partial charge in [0.1, 0.15) is 0 Å². The van der Waals surface area contributed by atoms with E-state index in [9.17, 15) is 0 Å². The van der Waals surface area contributed by atoms with E-state index < -0.39 is 0 Å². The van der Waals surface area contributed by atoms with Crippen LogP contribution in [-0.2, 0) is 0 Å². The zero-order valence-corrected chi connectivity index (χ0v) is 15.2. The van der Waals surface area contributed by atoms with Crippen molar-refractivity contribution in [2.75, 3.05) is 25.0 Å². The van der Waals surface area contributed by atoms with Gasteiger partial charge < -0.3 is 10.6 Å². The van der Waals surface area contributed by atoms with Crippen LogP contribution in [0.4, 0.5) is 5.82 Å². The fourth-order valence-electron chi connectivity index (χ4n) is 2.82. The number of halogens is 1. The molecule has 0 atom stereocenters. The molecule has 0 aliphatic carbocycles. The summed E-state index contributed by atoms with van der Waals surface area (Å²) >= 11 is 8.13. The zero-order valence-electron chi connectivity index (χ0n) is 13.6. The second-order valence-electron chi connectivity index (χ2n) is 5.71. The smallest absolute Gasteiger partial charge is 0.162 e. The molecular formula is C18H16ClN5S. The predicted molar refractivity (Wildman–Crippen MR) is 105 cm³/mol. The fourth-order valence-corrected chi connectivity index (χ4v) is 4.35. The molecule has 25 heavy (non-hydrogen) atoms. The Morgan fingerprint density at radius 3 is 2.72 bits per heavy atom. The molecule has 0 amide bonds. The van der Waals surface area contributed by atoms with Gasteiger partial charge in [0.15, 0.2) is 11.6 Å². The first kappa shape index (κ1) is 16.2. The van der Waals surface area contributed by atoms with Crippen LogP contribution >= 0.6 is 22.9 Å². The summed E-state index contributed by atoms with van der Waals surface area (Å²) in [5.74, 6) is 1.54. The summed E-state index contributed by atoms with van der Waals surface area (Å²) in [6.45, 7) is 1.27.